The number of pyridine rings is 1. The van der Waals surface area contributed by atoms with Crippen LogP contribution in [0.2, 0.25) is 0 Å². The van der Waals surface area contributed by atoms with Gasteiger partial charge in [0.1, 0.15) is 0 Å². The van der Waals surface area contributed by atoms with Gasteiger partial charge in [0, 0.05) is 28.9 Å². The fourth-order valence-electron chi connectivity index (χ4n) is 3.01. The summed E-state index contributed by atoms with van der Waals surface area (Å²) in [7, 11) is 0. The molecule has 8 heteroatoms. The second-order valence-electron chi connectivity index (χ2n) is 7.03. The molecule has 2 N–H and O–H groups in total. The Balaban J connectivity index is 2.14. The number of aliphatic hydroxyl groups is 1. The van der Waals surface area contributed by atoms with Gasteiger partial charge in [0.2, 0.25) is 5.70 Å². The molecule has 7 nitrogen and oxygen atoms in total. The van der Waals surface area contributed by atoms with Crippen molar-refractivity contribution in [3.63, 3.8) is 0 Å². The number of nitrogens with one attached hydrogen (secondary N) is 1. The fraction of sp³-hybridized carbons (Fsp3) is 0.130. The van der Waals surface area contributed by atoms with Crippen molar-refractivity contribution in [1.29, 1.82) is 0 Å². The summed E-state index contributed by atoms with van der Waals surface area (Å²) >= 11 is 5.55. The van der Waals surface area contributed by atoms with Crippen LogP contribution in [0.5, 0.6) is 0 Å². The number of thiocarbonyl (C=S) groups is 1. The van der Waals surface area contributed by atoms with Crippen molar-refractivity contribution in [3.05, 3.63) is 99.4 Å². The Kier molecular flexibility index (Phi) is 6.74. The highest BCUT2D eigenvalue weighted by atomic mass is 32.1. The van der Waals surface area contributed by atoms with Gasteiger partial charge in [0.15, 0.2) is 17.4 Å². The topological polar surface area (TPSA) is 102 Å². The largest absolute Gasteiger partial charge is 0.867 e. The molecule has 0 fully saturated rings. The van der Waals surface area contributed by atoms with E-state index in [1.54, 1.807) is 31.5 Å². The Morgan fingerprint density at radius 1 is 1.16 bits per heavy atom. The Morgan fingerprint density at radius 3 is 2.52 bits per heavy atom. The minimum absolute atomic E-state index is 0.115. The van der Waals surface area contributed by atoms with Gasteiger partial charge in [-0.05, 0) is 43.4 Å². The van der Waals surface area contributed by atoms with Crippen LogP contribution in [0.15, 0.2) is 67.0 Å². The number of aliphatic hydroxyl groups excluding tert-OH is 1. The molecular weight excluding hydrogens is 414 g/mol. The summed E-state index contributed by atoms with van der Waals surface area (Å²) in [6.45, 7) is 3.36. The molecule has 0 aliphatic heterocycles. The first-order valence-electron chi connectivity index (χ1n) is 9.46. The van der Waals surface area contributed by atoms with Crippen LogP contribution < -0.4 is 15.0 Å². The minimum Gasteiger partial charge on any atom is -0.867 e. The summed E-state index contributed by atoms with van der Waals surface area (Å²) in [4.78, 5) is 11.0. The molecule has 3 rings (SSSR count). The molecule has 158 valence electrons. The molecule has 0 saturated heterocycles. The number of nitrogens with zero attached hydrogens (tertiary/aromatic N) is 2. The molecule has 0 radical (unpaired) electrons. The van der Waals surface area contributed by atoms with Crippen LogP contribution in [0, 0.1) is 24.0 Å². The number of hydrogen-bond donors (Lipinski definition) is 2. The second kappa shape index (κ2) is 9.46. The first-order valence-corrected chi connectivity index (χ1v) is 9.87. The van der Waals surface area contributed by atoms with E-state index in [0.29, 0.717) is 16.8 Å². The lowest BCUT2D eigenvalue weighted by molar-refractivity contribution is -0.578. The first-order chi connectivity index (χ1) is 14.8. The monoisotopic (exact) mass is 435 g/mol. The summed E-state index contributed by atoms with van der Waals surface area (Å²) in [6.07, 6.45) is 3.23. The number of anilines is 1. The standard InChI is InChI=1S/C23H21N3O4S/c1-15-5-9-19(10-6-15)24-23(31)21(25-11-3-4-17(13-25)14-27)22(28)18-8-7-16(2)20(12-18)26(29)30/h3-13,27H,14H2,1-2H3,(H-,24,28,31). The van der Waals surface area contributed by atoms with Crippen molar-refractivity contribution in [2.45, 2.75) is 20.5 Å². The first kappa shape index (κ1) is 22.1. The maximum Gasteiger partial charge on any atom is 0.272 e. The smallest absolute Gasteiger partial charge is 0.272 e. The highest BCUT2D eigenvalue weighted by Crippen LogP contribution is 2.24. The Bertz CT molecular complexity index is 1170. The van der Waals surface area contributed by atoms with E-state index in [0.717, 1.165) is 5.56 Å². The number of aromatic nitrogens is 1. The number of nitro groups is 1. The van der Waals surface area contributed by atoms with Crippen molar-refractivity contribution in [2.24, 2.45) is 0 Å². The van der Waals surface area contributed by atoms with E-state index in [2.05, 4.69) is 5.32 Å². The number of nitro benzene ring substituents is 1. The number of hydrogen-bond acceptors (Lipinski definition) is 5. The van der Waals surface area contributed by atoms with Crippen molar-refractivity contribution in [2.75, 3.05) is 5.32 Å². The molecule has 0 unspecified atom stereocenters. The van der Waals surface area contributed by atoms with Gasteiger partial charge < -0.3 is 15.5 Å². The summed E-state index contributed by atoms with van der Waals surface area (Å²) in [5.74, 6) is -0.479. The van der Waals surface area contributed by atoms with Gasteiger partial charge in [-0.2, -0.15) is 4.57 Å². The third-order valence-corrected chi connectivity index (χ3v) is 5.01. The van der Waals surface area contributed by atoms with Gasteiger partial charge in [-0.1, -0.05) is 42.0 Å². The second-order valence-corrected chi connectivity index (χ2v) is 7.44. The quantitative estimate of drug-likeness (QED) is 0.154. The van der Waals surface area contributed by atoms with Crippen LogP contribution in [0.25, 0.3) is 11.5 Å². The molecule has 2 aromatic carbocycles. The molecule has 0 aliphatic carbocycles. The number of rotatable bonds is 6. The lowest BCUT2D eigenvalue weighted by Gasteiger charge is -2.17. The highest BCUT2D eigenvalue weighted by molar-refractivity contribution is 7.81. The molecule has 0 bridgehead atoms. The summed E-state index contributed by atoms with van der Waals surface area (Å²) in [6, 6.07) is 15.2. The van der Waals surface area contributed by atoms with Crippen molar-refractivity contribution < 1.29 is 19.7 Å². The normalized spacial score (nSPS) is 11.6. The van der Waals surface area contributed by atoms with Crippen molar-refractivity contribution >= 4 is 40.0 Å². The lowest BCUT2D eigenvalue weighted by Crippen LogP contribution is -2.40. The number of benzene rings is 2. The van der Waals surface area contributed by atoms with Gasteiger partial charge in [0.25, 0.3) is 5.69 Å². The van der Waals surface area contributed by atoms with Gasteiger partial charge in [-0.15, -0.1) is 0 Å². The van der Waals surface area contributed by atoms with E-state index in [-0.39, 0.29) is 28.5 Å². The van der Waals surface area contributed by atoms with Crippen LogP contribution in [-0.2, 0) is 6.61 Å². The molecule has 1 aromatic heterocycles. The van der Waals surface area contributed by atoms with Crippen LogP contribution >= 0.6 is 12.2 Å². The van der Waals surface area contributed by atoms with Crippen LogP contribution in [0.1, 0.15) is 22.3 Å². The van der Waals surface area contributed by atoms with Crippen molar-refractivity contribution in [1.82, 2.24) is 0 Å². The molecule has 1 heterocycles. The lowest BCUT2D eigenvalue weighted by atomic mass is 10.1. The average Bonchev–Trinajstić information content (AvgIpc) is 2.75. The SMILES string of the molecule is Cc1ccc(NC(=S)/C(=C(\[O-])c2ccc(C)c([N+](=O)[O-])c2)[n+]2cccc(CO)c2)cc1. The van der Waals surface area contributed by atoms with Crippen LogP contribution in [0.3, 0.4) is 0 Å². The third-order valence-electron chi connectivity index (χ3n) is 4.71. The van der Waals surface area contributed by atoms with E-state index in [1.807, 2.05) is 31.2 Å². The zero-order valence-corrected chi connectivity index (χ0v) is 17.8. The molecule has 0 atom stereocenters. The molecular formula is C23H21N3O4S. The highest BCUT2D eigenvalue weighted by Gasteiger charge is 2.21. The van der Waals surface area contributed by atoms with E-state index in [1.165, 1.54) is 22.8 Å². The van der Waals surface area contributed by atoms with Gasteiger partial charge in [0.05, 0.1) is 11.5 Å². The van der Waals surface area contributed by atoms with Gasteiger partial charge in [-0.3, -0.25) is 10.1 Å². The zero-order chi connectivity index (χ0) is 22.5. The fourth-order valence-corrected chi connectivity index (χ4v) is 3.32. The van der Waals surface area contributed by atoms with E-state index >= 15 is 0 Å². The van der Waals surface area contributed by atoms with Gasteiger partial charge >= 0.3 is 0 Å². The molecule has 0 spiro atoms. The maximum absolute atomic E-state index is 13.4. The Morgan fingerprint density at radius 2 is 1.87 bits per heavy atom. The Hall–Kier alpha value is -3.62. The van der Waals surface area contributed by atoms with Gasteiger partial charge in [-0.25, -0.2) is 0 Å². The zero-order valence-electron chi connectivity index (χ0n) is 17.0. The third kappa shape index (κ3) is 5.11. The summed E-state index contributed by atoms with van der Waals surface area (Å²) < 4.78 is 1.52. The van der Waals surface area contributed by atoms with E-state index < -0.39 is 10.7 Å². The Labute approximate surface area is 185 Å². The predicted molar refractivity (Wildman–Crippen MR) is 121 cm³/mol. The van der Waals surface area contributed by atoms with Crippen LogP contribution in [-0.4, -0.2) is 15.0 Å². The van der Waals surface area contributed by atoms with Crippen molar-refractivity contribution in [3.8, 4) is 0 Å². The maximum atomic E-state index is 13.4. The summed E-state index contributed by atoms with van der Waals surface area (Å²) in [5, 5.41) is 37.3. The average molecular weight is 436 g/mol. The molecule has 3 aromatic rings. The summed E-state index contributed by atoms with van der Waals surface area (Å²) in [5.41, 5.74) is 2.94. The predicted octanol–water partition coefficient (Wildman–Crippen LogP) is 3.12. The molecule has 0 amide bonds. The molecule has 0 aliphatic rings. The van der Waals surface area contributed by atoms with E-state index in [9.17, 15) is 20.3 Å². The number of aryl methyl sites for hydroxylation is 2. The van der Waals surface area contributed by atoms with E-state index in [4.69, 9.17) is 12.2 Å². The van der Waals surface area contributed by atoms with Crippen LogP contribution in [0.4, 0.5) is 11.4 Å². The minimum atomic E-state index is -0.520. The molecule has 31 heavy (non-hydrogen) atoms. The molecule has 0 saturated carbocycles.